The van der Waals surface area contributed by atoms with E-state index >= 15 is 0 Å². The number of anilines is 1. The second kappa shape index (κ2) is 6.05. The van der Waals surface area contributed by atoms with Crippen LogP contribution in [0, 0.1) is 6.92 Å². The predicted molar refractivity (Wildman–Crippen MR) is 89.9 cm³/mol. The monoisotopic (exact) mass is 329 g/mol. The number of hydrogen-bond acceptors (Lipinski definition) is 2. The van der Waals surface area contributed by atoms with Crippen molar-refractivity contribution in [2.75, 3.05) is 11.4 Å². The molecule has 1 aliphatic heterocycles. The van der Waals surface area contributed by atoms with Crippen molar-refractivity contribution in [2.45, 2.75) is 19.8 Å². The lowest BCUT2D eigenvalue weighted by Crippen LogP contribution is -2.39. The molecule has 1 aliphatic rings. The second-order valence-electron chi connectivity index (χ2n) is 5.68. The lowest BCUT2D eigenvalue weighted by atomic mass is 9.92. The molecular weight excluding hydrogens is 314 g/mol. The summed E-state index contributed by atoms with van der Waals surface area (Å²) in [4.78, 5) is 24.4. The lowest BCUT2D eigenvalue weighted by Gasteiger charge is -2.29. The molecule has 4 nitrogen and oxygen atoms in total. The molecule has 1 N–H and O–H groups in total. The number of fused-ring (bicyclic) bond motifs is 1. The smallest absolute Gasteiger partial charge is 0.323 e. The van der Waals surface area contributed by atoms with Crippen molar-refractivity contribution in [3.63, 3.8) is 0 Å². The highest BCUT2D eigenvalue weighted by atomic mass is 35.5. The van der Waals surface area contributed by atoms with Gasteiger partial charge in [-0.15, -0.1) is 0 Å². The van der Waals surface area contributed by atoms with E-state index in [-0.39, 0.29) is 12.5 Å². The van der Waals surface area contributed by atoms with E-state index in [9.17, 15) is 9.59 Å². The van der Waals surface area contributed by atoms with E-state index < -0.39 is 5.97 Å². The van der Waals surface area contributed by atoms with E-state index in [1.165, 1.54) is 4.90 Å². The van der Waals surface area contributed by atoms with E-state index in [1.807, 2.05) is 37.3 Å². The van der Waals surface area contributed by atoms with Crippen LogP contribution in [-0.4, -0.2) is 23.5 Å². The van der Waals surface area contributed by atoms with Crippen molar-refractivity contribution >= 4 is 29.2 Å². The van der Waals surface area contributed by atoms with Crippen molar-refractivity contribution in [1.29, 1.82) is 0 Å². The van der Waals surface area contributed by atoms with Crippen LogP contribution in [0.3, 0.4) is 0 Å². The van der Waals surface area contributed by atoms with Crippen LogP contribution < -0.4 is 4.90 Å². The summed E-state index contributed by atoms with van der Waals surface area (Å²) >= 11 is 5.94. The molecule has 0 bridgehead atoms. The molecular formula is C18H16ClNO3. The van der Waals surface area contributed by atoms with Crippen LogP contribution in [0.5, 0.6) is 0 Å². The highest BCUT2D eigenvalue weighted by Gasteiger charge is 2.26. The minimum absolute atomic E-state index is 0.140. The third kappa shape index (κ3) is 3.08. The quantitative estimate of drug-likeness (QED) is 0.934. The first kappa shape index (κ1) is 15.6. The Bertz CT molecular complexity index is 784. The highest BCUT2D eigenvalue weighted by molar-refractivity contribution is 6.30. The molecule has 3 rings (SSSR count). The Labute approximate surface area is 139 Å². The summed E-state index contributed by atoms with van der Waals surface area (Å²) in [5, 5.41) is 9.71. The van der Waals surface area contributed by atoms with E-state index in [2.05, 4.69) is 6.07 Å². The summed E-state index contributed by atoms with van der Waals surface area (Å²) in [6.07, 6.45) is 0.967. The summed E-state index contributed by atoms with van der Waals surface area (Å²) in [5.74, 6) is -1.15. The van der Waals surface area contributed by atoms with Gasteiger partial charge < -0.3 is 10.0 Å². The molecule has 118 valence electrons. The summed E-state index contributed by atoms with van der Waals surface area (Å²) in [7, 11) is 0. The Hall–Kier alpha value is -2.33. The number of aliphatic carboxylic acids is 1. The number of carboxylic acids is 1. The van der Waals surface area contributed by atoms with Gasteiger partial charge in [-0.05, 0) is 59.9 Å². The van der Waals surface area contributed by atoms with Crippen LogP contribution in [0.4, 0.5) is 5.69 Å². The first-order chi connectivity index (χ1) is 11.0. The van der Waals surface area contributed by atoms with Gasteiger partial charge in [0.25, 0.3) is 0 Å². The van der Waals surface area contributed by atoms with Crippen LogP contribution in [0.1, 0.15) is 17.5 Å². The zero-order valence-electron chi connectivity index (χ0n) is 12.7. The average Bonchev–Trinajstić information content (AvgIpc) is 2.51. The molecule has 1 amide bonds. The van der Waals surface area contributed by atoms with Gasteiger partial charge in [0, 0.05) is 17.1 Å². The van der Waals surface area contributed by atoms with Crippen LogP contribution in [0.15, 0.2) is 36.4 Å². The van der Waals surface area contributed by atoms with Crippen molar-refractivity contribution in [3.8, 4) is 11.1 Å². The molecule has 0 saturated carbocycles. The number of carbonyl (C=O) groups is 2. The number of carbonyl (C=O) groups excluding carboxylic acids is 1. The van der Waals surface area contributed by atoms with E-state index in [0.29, 0.717) is 23.6 Å². The Balaban J connectivity index is 2.06. The van der Waals surface area contributed by atoms with Gasteiger partial charge in [-0.3, -0.25) is 9.59 Å². The fourth-order valence-electron chi connectivity index (χ4n) is 2.95. The van der Waals surface area contributed by atoms with Crippen molar-refractivity contribution in [3.05, 3.63) is 52.5 Å². The zero-order valence-corrected chi connectivity index (χ0v) is 13.4. The van der Waals surface area contributed by atoms with Gasteiger partial charge in [-0.1, -0.05) is 23.7 Å². The highest BCUT2D eigenvalue weighted by Crippen LogP contribution is 2.35. The number of rotatable bonds is 3. The summed E-state index contributed by atoms with van der Waals surface area (Å²) in [6.45, 7) is 1.66. The van der Waals surface area contributed by atoms with Gasteiger partial charge in [-0.2, -0.15) is 0 Å². The Kier molecular flexibility index (Phi) is 4.09. The van der Waals surface area contributed by atoms with Gasteiger partial charge in [-0.25, -0.2) is 0 Å². The maximum absolute atomic E-state index is 12.0. The molecule has 23 heavy (non-hydrogen) atoms. The zero-order chi connectivity index (χ0) is 16.6. The molecule has 0 fully saturated rings. The van der Waals surface area contributed by atoms with E-state index in [0.717, 1.165) is 22.3 Å². The number of nitrogens with zero attached hydrogens (tertiary/aromatic N) is 1. The maximum atomic E-state index is 12.0. The van der Waals surface area contributed by atoms with E-state index in [1.54, 1.807) is 0 Å². The second-order valence-corrected chi connectivity index (χ2v) is 6.11. The molecule has 0 radical (unpaired) electrons. The van der Waals surface area contributed by atoms with Gasteiger partial charge in [0.1, 0.15) is 6.54 Å². The van der Waals surface area contributed by atoms with E-state index in [4.69, 9.17) is 16.7 Å². The third-order valence-electron chi connectivity index (χ3n) is 4.07. The predicted octanol–water partition coefficient (Wildman–Crippen LogP) is 3.68. The molecule has 5 heteroatoms. The van der Waals surface area contributed by atoms with Crippen molar-refractivity contribution in [1.82, 2.24) is 0 Å². The number of halogens is 1. The molecule has 2 aromatic carbocycles. The SMILES string of the molecule is Cc1cc2c(cc1-c1ccc(Cl)cc1)CCC(=O)N2CC(=O)O. The van der Waals surface area contributed by atoms with Crippen LogP contribution >= 0.6 is 11.6 Å². The minimum Gasteiger partial charge on any atom is -0.480 e. The molecule has 0 atom stereocenters. The van der Waals surface area contributed by atoms with Crippen LogP contribution in [-0.2, 0) is 16.0 Å². The Morgan fingerprint density at radius 2 is 1.91 bits per heavy atom. The molecule has 1 heterocycles. The standard InChI is InChI=1S/C18H16ClNO3/c1-11-8-16-13(4-7-17(21)20(16)10-18(22)23)9-15(11)12-2-5-14(19)6-3-12/h2-3,5-6,8-9H,4,7,10H2,1H3,(H,22,23). The molecule has 2 aromatic rings. The number of aryl methyl sites for hydroxylation is 2. The van der Waals surface area contributed by atoms with Crippen LogP contribution in [0.25, 0.3) is 11.1 Å². The minimum atomic E-state index is -1.01. The fourth-order valence-corrected chi connectivity index (χ4v) is 3.07. The normalized spacial score (nSPS) is 13.8. The maximum Gasteiger partial charge on any atom is 0.323 e. The lowest BCUT2D eigenvalue weighted by molar-refractivity contribution is -0.136. The van der Waals surface area contributed by atoms with Crippen molar-refractivity contribution in [2.24, 2.45) is 0 Å². The number of carboxylic acid groups (broad SMARTS) is 1. The van der Waals surface area contributed by atoms with Gasteiger partial charge in [0.2, 0.25) is 5.91 Å². The average molecular weight is 330 g/mol. The first-order valence-electron chi connectivity index (χ1n) is 7.37. The summed E-state index contributed by atoms with van der Waals surface area (Å²) < 4.78 is 0. The Morgan fingerprint density at radius 1 is 1.22 bits per heavy atom. The fraction of sp³-hybridized carbons (Fsp3) is 0.222. The topological polar surface area (TPSA) is 57.6 Å². The molecule has 0 unspecified atom stereocenters. The van der Waals surface area contributed by atoms with Crippen molar-refractivity contribution < 1.29 is 14.7 Å². The molecule has 0 aliphatic carbocycles. The number of hydrogen-bond donors (Lipinski definition) is 1. The van der Waals surface area contributed by atoms with Gasteiger partial charge in [0.15, 0.2) is 0 Å². The largest absolute Gasteiger partial charge is 0.480 e. The molecule has 0 aromatic heterocycles. The van der Waals surface area contributed by atoms with Gasteiger partial charge >= 0.3 is 5.97 Å². The molecule has 0 saturated heterocycles. The van der Waals surface area contributed by atoms with Gasteiger partial charge in [0.05, 0.1) is 0 Å². The van der Waals surface area contributed by atoms with Crippen LogP contribution in [0.2, 0.25) is 5.02 Å². The number of benzene rings is 2. The Morgan fingerprint density at radius 3 is 2.57 bits per heavy atom. The first-order valence-corrected chi connectivity index (χ1v) is 7.75. The summed E-state index contributed by atoms with van der Waals surface area (Å²) in [6, 6.07) is 11.6. The number of amides is 1. The third-order valence-corrected chi connectivity index (χ3v) is 4.33. The molecule has 0 spiro atoms. The summed E-state index contributed by atoms with van der Waals surface area (Å²) in [5.41, 5.74) is 4.83.